The fraction of sp³-hybridized carbons (Fsp3) is 0.622. The molecule has 5 heterocycles. The van der Waals surface area contributed by atoms with E-state index in [-0.39, 0.29) is 48.3 Å². The van der Waals surface area contributed by atoms with Crippen molar-refractivity contribution >= 4 is 23.2 Å². The quantitative estimate of drug-likeness (QED) is 0.222. The molecule has 2 amide bonds. The maximum Gasteiger partial charge on any atom is 0.243 e. The van der Waals surface area contributed by atoms with E-state index in [0.29, 0.717) is 37.3 Å². The third kappa shape index (κ3) is 6.75. The van der Waals surface area contributed by atoms with Gasteiger partial charge in [-0.1, -0.05) is 37.3 Å². The first-order chi connectivity index (χ1) is 22.7. The van der Waals surface area contributed by atoms with Gasteiger partial charge in [-0.05, 0) is 99.2 Å². The number of aryl methyl sites for hydroxylation is 1. The van der Waals surface area contributed by atoms with E-state index in [4.69, 9.17) is 4.74 Å². The summed E-state index contributed by atoms with van der Waals surface area (Å²) in [6, 6.07) is 10.7. The number of piperidine rings is 1. The number of nitrogens with one attached hydrogen (secondary N) is 7. The second kappa shape index (κ2) is 13.7. The number of amides is 2. The monoisotopic (exact) mass is 643 g/mol. The standard InChI is InChI=1S/C37H53N7O3/c1-20-7-6-13-39-33(20)35(27-12-14-38-18-27)44-37(46)29-16-26-9-5-8-25(34(26)43-29)15-24-11-10-21(2)32-28(24)17-30(42-32)36(45)40-19-31-22(3)47-23(4)41-31/h5,8-11,20,22-23,27,29-31,33,35,38-39,41-43H,6-7,12-19H2,1-4H3,(H,40,45)(H,44,46). The van der Waals surface area contributed by atoms with Gasteiger partial charge in [0.25, 0.3) is 0 Å². The Morgan fingerprint density at radius 3 is 2.55 bits per heavy atom. The molecule has 0 spiro atoms. The fourth-order valence-electron chi connectivity index (χ4n) is 8.72. The molecule has 0 aliphatic carbocycles. The van der Waals surface area contributed by atoms with Crippen LogP contribution in [0, 0.1) is 18.8 Å². The third-order valence-electron chi connectivity index (χ3n) is 11.4. The molecule has 254 valence electrons. The number of fused-ring (bicyclic) bond motifs is 2. The first-order valence-electron chi connectivity index (χ1n) is 17.9. The minimum atomic E-state index is -0.308. The summed E-state index contributed by atoms with van der Waals surface area (Å²) in [5, 5.41) is 24.5. The van der Waals surface area contributed by atoms with E-state index >= 15 is 0 Å². The molecule has 0 saturated carbocycles. The van der Waals surface area contributed by atoms with Crippen LogP contribution in [0.5, 0.6) is 0 Å². The smallest absolute Gasteiger partial charge is 0.243 e. The third-order valence-corrected chi connectivity index (χ3v) is 11.4. The maximum atomic E-state index is 13.9. The molecule has 7 N–H and O–H groups in total. The summed E-state index contributed by atoms with van der Waals surface area (Å²) >= 11 is 0. The Bertz CT molecular complexity index is 1480. The highest BCUT2D eigenvalue weighted by atomic mass is 16.5. The molecule has 0 radical (unpaired) electrons. The van der Waals surface area contributed by atoms with Crippen LogP contribution in [0.3, 0.4) is 0 Å². The van der Waals surface area contributed by atoms with Crippen LogP contribution < -0.4 is 37.2 Å². The average Bonchev–Trinajstić information content (AvgIpc) is 3.87. The maximum absolute atomic E-state index is 13.9. The predicted octanol–water partition coefficient (Wildman–Crippen LogP) is 2.58. The van der Waals surface area contributed by atoms with E-state index in [2.05, 4.69) is 81.4 Å². The van der Waals surface area contributed by atoms with E-state index in [1.165, 1.54) is 35.1 Å². The normalized spacial score (nSPS) is 31.8. The van der Waals surface area contributed by atoms with Crippen LogP contribution in [0.4, 0.5) is 11.4 Å². The van der Waals surface area contributed by atoms with Crippen LogP contribution in [0.15, 0.2) is 30.3 Å². The SMILES string of the molecule is Cc1ccc(Cc2cccc3c2NC(C(=O)NC(C2CCNC2)C2NCCCC2C)C3)c2c1NC(C(=O)NCC1NC(C)OC1C)C2. The van der Waals surface area contributed by atoms with Gasteiger partial charge < -0.3 is 36.6 Å². The van der Waals surface area contributed by atoms with Gasteiger partial charge in [0, 0.05) is 49.4 Å². The van der Waals surface area contributed by atoms with Gasteiger partial charge in [-0.15, -0.1) is 0 Å². The van der Waals surface area contributed by atoms with Crippen LogP contribution in [-0.4, -0.2) is 80.5 Å². The molecule has 3 saturated heterocycles. The van der Waals surface area contributed by atoms with E-state index in [1.54, 1.807) is 0 Å². The van der Waals surface area contributed by atoms with Crippen molar-refractivity contribution in [2.24, 2.45) is 11.8 Å². The lowest BCUT2D eigenvalue weighted by Gasteiger charge is -2.40. The molecule has 10 nitrogen and oxygen atoms in total. The van der Waals surface area contributed by atoms with Gasteiger partial charge in [0.1, 0.15) is 18.3 Å². The van der Waals surface area contributed by atoms with Crippen LogP contribution in [0.25, 0.3) is 0 Å². The molecule has 7 rings (SSSR count). The Hall–Kier alpha value is -3.18. The number of rotatable bonds is 9. The van der Waals surface area contributed by atoms with Crippen LogP contribution >= 0.6 is 0 Å². The van der Waals surface area contributed by atoms with Crippen LogP contribution in [0.1, 0.15) is 67.9 Å². The van der Waals surface area contributed by atoms with Gasteiger partial charge in [0.2, 0.25) is 11.8 Å². The molecule has 5 aliphatic heterocycles. The first-order valence-corrected chi connectivity index (χ1v) is 17.9. The molecule has 9 atom stereocenters. The van der Waals surface area contributed by atoms with E-state index in [1.807, 2.05) is 13.8 Å². The highest BCUT2D eigenvalue weighted by Gasteiger charge is 2.39. The summed E-state index contributed by atoms with van der Waals surface area (Å²) in [6.07, 6.45) is 5.63. The molecule has 3 fully saturated rings. The molecule has 5 aliphatic rings. The molecule has 2 aromatic carbocycles. The van der Waals surface area contributed by atoms with Crippen molar-refractivity contribution < 1.29 is 14.3 Å². The molecular weight excluding hydrogens is 590 g/mol. The van der Waals surface area contributed by atoms with Crippen LogP contribution in [-0.2, 0) is 33.6 Å². The summed E-state index contributed by atoms with van der Waals surface area (Å²) in [5.74, 6) is 1.10. The molecular formula is C37H53N7O3. The van der Waals surface area contributed by atoms with Crippen molar-refractivity contribution in [3.8, 4) is 0 Å². The topological polar surface area (TPSA) is 128 Å². The number of hydrogen-bond acceptors (Lipinski definition) is 8. The van der Waals surface area contributed by atoms with E-state index in [9.17, 15) is 9.59 Å². The zero-order valence-electron chi connectivity index (χ0n) is 28.4. The van der Waals surface area contributed by atoms with Crippen molar-refractivity contribution in [1.29, 1.82) is 0 Å². The lowest BCUT2D eigenvalue weighted by molar-refractivity contribution is -0.123. The molecule has 2 aromatic rings. The van der Waals surface area contributed by atoms with Crippen molar-refractivity contribution in [2.75, 3.05) is 36.8 Å². The van der Waals surface area contributed by atoms with Crippen molar-refractivity contribution in [3.63, 3.8) is 0 Å². The largest absolute Gasteiger partial charge is 0.373 e. The first kappa shape index (κ1) is 32.4. The predicted molar refractivity (Wildman–Crippen MR) is 186 cm³/mol. The lowest BCUT2D eigenvalue weighted by atomic mass is 9.81. The van der Waals surface area contributed by atoms with Crippen LogP contribution in [0.2, 0.25) is 0 Å². The summed E-state index contributed by atoms with van der Waals surface area (Å²) in [6.45, 7) is 12.0. The van der Waals surface area contributed by atoms with Gasteiger partial charge in [0.05, 0.1) is 12.1 Å². The Balaban J connectivity index is 1.02. The number of benzene rings is 2. The Kier molecular flexibility index (Phi) is 9.47. The zero-order chi connectivity index (χ0) is 32.7. The summed E-state index contributed by atoms with van der Waals surface area (Å²) in [7, 11) is 0. The lowest BCUT2D eigenvalue weighted by Crippen LogP contribution is -2.60. The molecule has 47 heavy (non-hydrogen) atoms. The Morgan fingerprint density at radius 2 is 1.79 bits per heavy atom. The van der Waals surface area contributed by atoms with Crippen molar-refractivity contribution in [2.45, 2.75) is 109 Å². The van der Waals surface area contributed by atoms with Gasteiger partial charge in [-0.2, -0.15) is 0 Å². The minimum Gasteiger partial charge on any atom is -0.373 e. The number of carbonyl (C=O) groups excluding carboxylic acids is 2. The summed E-state index contributed by atoms with van der Waals surface area (Å²) in [4.78, 5) is 27.2. The highest BCUT2D eigenvalue weighted by Crippen LogP contribution is 2.37. The molecule has 9 unspecified atom stereocenters. The number of hydrogen-bond donors (Lipinski definition) is 7. The number of carbonyl (C=O) groups is 2. The summed E-state index contributed by atoms with van der Waals surface area (Å²) < 4.78 is 5.78. The molecule has 0 aromatic heterocycles. The molecule has 10 heteroatoms. The zero-order valence-corrected chi connectivity index (χ0v) is 28.4. The van der Waals surface area contributed by atoms with Crippen molar-refractivity contribution in [3.05, 3.63) is 58.1 Å². The number of para-hydroxylation sites is 1. The number of ether oxygens (including phenoxy) is 1. The van der Waals surface area contributed by atoms with Gasteiger partial charge in [0.15, 0.2) is 0 Å². The average molecular weight is 644 g/mol. The fourth-order valence-corrected chi connectivity index (χ4v) is 8.72. The summed E-state index contributed by atoms with van der Waals surface area (Å²) in [5.41, 5.74) is 8.11. The van der Waals surface area contributed by atoms with Crippen molar-refractivity contribution in [1.82, 2.24) is 26.6 Å². The van der Waals surface area contributed by atoms with Gasteiger partial charge >= 0.3 is 0 Å². The Morgan fingerprint density at radius 1 is 0.957 bits per heavy atom. The Labute approximate surface area is 279 Å². The molecule has 0 bridgehead atoms. The van der Waals surface area contributed by atoms with Gasteiger partial charge in [-0.25, -0.2) is 0 Å². The number of anilines is 2. The highest BCUT2D eigenvalue weighted by molar-refractivity contribution is 5.89. The second-order valence-electron chi connectivity index (χ2n) is 14.7. The second-order valence-corrected chi connectivity index (χ2v) is 14.7. The van der Waals surface area contributed by atoms with E-state index in [0.717, 1.165) is 49.4 Å². The van der Waals surface area contributed by atoms with E-state index < -0.39 is 0 Å². The van der Waals surface area contributed by atoms with Gasteiger partial charge in [-0.3, -0.25) is 14.9 Å². The minimum absolute atomic E-state index is 0.00128.